The number of amides is 1. The minimum absolute atomic E-state index is 0.0179. The Bertz CT molecular complexity index is 2190. The second-order valence-electron chi connectivity index (χ2n) is 9.83. The van der Waals surface area contributed by atoms with Gasteiger partial charge in [0.2, 0.25) is 16.0 Å². The molecule has 0 atom stereocenters. The maximum Gasteiger partial charge on any atom is 0.258 e. The SMILES string of the molecule is Cc1ccc(Nc2nccc(-c3c(-c4cccc(NC(=O)c5cc(F)ccc5F)c4)nn4ccccc34)n2)cc1S(N)(=O)=O. The summed E-state index contributed by atoms with van der Waals surface area (Å²) in [5.41, 5.74) is 3.89. The van der Waals surface area contributed by atoms with Gasteiger partial charge in [0, 0.05) is 29.3 Å². The molecule has 4 N–H and O–H groups in total. The molecule has 6 rings (SSSR count). The molecule has 0 bridgehead atoms. The molecule has 0 spiro atoms. The Morgan fingerprint density at radius 1 is 0.932 bits per heavy atom. The molecule has 13 heteroatoms. The Kier molecular flexibility index (Phi) is 7.33. The molecule has 3 heterocycles. The Hall–Kier alpha value is -5.53. The monoisotopic (exact) mass is 611 g/mol. The maximum absolute atomic E-state index is 14.2. The number of pyridine rings is 1. The van der Waals surface area contributed by atoms with Crippen LogP contribution in [0, 0.1) is 18.6 Å². The summed E-state index contributed by atoms with van der Waals surface area (Å²) in [6.07, 6.45) is 3.34. The molecule has 220 valence electrons. The van der Waals surface area contributed by atoms with Crippen LogP contribution in [-0.4, -0.2) is 33.9 Å². The number of benzene rings is 3. The van der Waals surface area contributed by atoms with Gasteiger partial charge in [0.05, 0.1) is 27.2 Å². The van der Waals surface area contributed by atoms with E-state index >= 15 is 0 Å². The highest BCUT2D eigenvalue weighted by atomic mass is 32.2. The third-order valence-electron chi connectivity index (χ3n) is 6.77. The fraction of sp³-hybridized carbons (Fsp3) is 0.0323. The van der Waals surface area contributed by atoms with E-state index in [1.807, 2.05) is 18.2 Å². The van der Waals surface area contributed by atoms with Crippen LogP contribution in [0.4, 0.5) is 26.1 Å². The first-order chi connectivity index (χ1) is 21.1. The molecule has 0 fully saturated rings. The van der Waals surface area contributed by atoms with Gasteiger partial charge in [-0.1, -0.05) is 24.3 Å². The van der Waals surface area contributed by atoms with Crippen LogP contribution in [0.2, 0.25) is 0 Å². The number of carbonyl (C=O) groups excluding carboxylic acids is 1. The van der Waals surface area contributed by atoms with E-state index in [-0.39, 0.29) is 10.8 Å². The van der Waals surface area contributed by atoms with Crippen LogP contribution >= 0.6 is 0 Å². The van der Waals surface area contributed by atoms with Gasteiger partial charge in [0.15, 0.2) is 0 Å². The first-order valence-electron chi connectivity index (χ1n) is 13.1. The predicted octanol–water partition coefficient (Wildman–Crippen LogP) is 5.69. The van der Waals surface area contributed by atoms with Crippen LogP contribution in [0.15, 0.2) is 102 Å². The second kappa shape index (κ2) is 11.3. The highest BCUT2D eigenvalue weighted by Gasteiger charge is 2.20. The van der Waals surface area contributed by atoms with Gasteiger partial charge in [-0.3, -0.25) is 4.79 Å². The Balaban J connectivity index is 1.38. The van der Waals surface area contributed by atoms with E-state index in [9.17, 15) is 22.0 Å². The van der Waals surface area contributed by atoms with Gasteiger partial charge in [-0.25, -0.2) is 36.8 Å². The third kappa shape index (κ3) is 5.73. The van der Waals surface area contributed by atoms with Crippen molar-refractivity contribution in [2.75, 3.05) is 10.6 Å². The Labute approximate surface area is 250 Å². The van der Waals surface area contributed by atoms with Crippen molar-refractivity contribution in [2.24, 2.45) is 5.14 Å². The number of anilines is 3. The summed E-state index contributed by atoms with van der Waals surface area (Å²) < 4.78 is 53.6. The van der Waals surface area contributed by atoms with Gasteiger partial charge in [-0.05, 0) is 73.2 Å². The van der Waals surface area contributed by atoms with Crippen molar-refractivity contribution in [1.29, 1.82) is 0 Å². The second-order valence-corrected chi connectivity index (χ2v) is 11.4. The molecule has 0 aliphatic heterocycles. The highest BCUT2D eigenvalue weighted by Crippen LogP contribution is 2.35. The minimum Gasteiger partial charge on any atom is -0.324 e. The Morgan fingerprint density at radius 3 is 2.59 bits per heavy atom. The lowest BCUT2D eigenvalue weighted by Gasteiger charge is -2.10. The third-order valence-corrected chi connectivity index (χ3v) is 7.82. The number of sulfonamides is 1. The van der Waals surface area contributed by atoms with Crippen LogP contribution in [0.3, 0.4) is 0 Å². The van der Waals surface area contributed by atoms with Gasteiger partial charge >= 0.3 is 0 Å². The van der Waals surface area contributed by atoms with Crippen LogP contribution in [0.25, 0.3) is 28.0 Å². The molecule has 1 amide bonds. The number of hydrogen-bond donors (Lipinski definition) is 3. The van der Waals surface area contributed by atoms with E-state index in [4.69, 9.17) is 10.2 Å². The van der Waals surface area contributed by atoms with Gasteiger partial charge in [-0.2, -0.15) is 5.10 Å². The van der Waals surface area contributed by atoms with Crippen LogP contribution in [0.5, 0.6) is 0 Å². The van der Waals surface area contributed by atoms with Crippen molar-refractivity contribution >= 4 is 38.8 Å². The molecule has 0 saturated heterocycles. The van der Waals surface area contributed by atoms with Crippen molar-refractivity contribution in [3.8, 4) is 22.5 Å². The standard InChI is InChI=1S/C31H23F2N7O3S/c1-18-8-10-22(17-27(18)44(34,42)43)37-31-35-13-12-25(38-31)28-26-7-2-3-14-40(26)39-29(28)19-5-4-6-21(15-19)36-30(41)23-16-20(32)9-11-24(23)33/h2-17H,1H3,(H,36,41)(H2,34,42,43)(H,35,37,38). The van der Waals surface area contributed by atoms with E-state index in [1.54, 1.807) is 66.3 Å². The molecule has 3 aromatic heterocycles. The first-order valence-corrected chi connectivity index (χ1v) is 14.7. The number of fused-ring (bicyclic) bond motifs is 1. The van der Waals surface area contributed by atoms with Crippen molar-refractivity contribution in [1.82, 2.24) is 19.6 Å². The molecule has 3 aromatic carbocycles. The van der Waals surface area contributed by atoms with Crippen molar-refractivity contribution in [2.45, 2.75) is 11.8 Å². The van der Waals surface area contributed by atoms with E-state index in [1.165, 1.54) is 6.07 Å². The maximum atomic E-state index is 14.2. The molecule has 0 aliphatic carbocycles. The summed E-state index contributed by atoms with van der Waals surface area (Å²) in [6.45, 7) is 1.65. The van der Waals surface area contributed by atoms with E-state index in [0.717, 1.165) is 23.7 Å². The van der Waals surface area contributed by atoms with Crippen LogP contribution < -0.4 is 15.8 Å². The van der Waals surface area contributed by atoms with Crippen molar-refractivity contribution < 1.29 is 22.0 Å². The van der Waals surface area contributed by atoms with Crippen LogP contribution in [-0.2, 0) is 10.0 Å². The fourth-order valence-electron chi connectivity index (χ4n) is 4.74. The molecule has 44 heavy (non-hydrogen) atoms. The van der Waals surface area contributed by atoms with Gasteiger partial charge in [0.25, 0.3) is 5.91 Å². The summed E-state index contributed by atoms with van der Waals surface area (Å²) in [4.78, 5) is 21.7. The smallest absolute Gasteiger partial charge is 0.258 e. The van der Waals surface area contributed by atoms with E-state index < -0.39 is 33.1 Å². The highest BCUT2D eigenvalue weighted by molar-refractivity contribution is 7.89. The zero-order chi connectivity index (χ0) is 31.0. The molecule has 0 unspecified atom stereocenters. The number of aromatic nitrogens is 4. The minimum atomic E-state index is -3.94. The predicted molar refractivity (Wildman–Crippen MR) is 162 cm³/mol. The lowest BCUT2D eigenvalue weighted by molar-refractivity contribution is 0.102. The number of rotatable bonds is 7. The quantitative estimate of drug-likeness (QED) is 0.210. The summed E-state index contributed by atoms with van der Waals surface area (Å²) in [5.74, 6) is -2.18. The first kappa shape index (κ1) is 28.6. The number of nitrogens with one attached hydrogen (secondary N) is 2. The van der Waals surface area contributed by atoms with Gasteiger partial charge in [-0.15, -0.1) is 0 Å². The molecule has 10 nitrogen and oxygen atoms in total. The number of primary sulfonamides is 1. The van der Waals surface area contributed by atoms with Crippen molar-refractivity contribution in [3.05, 3.63) is 120 Å². The van der Waals surface area contributed by atoms with Gasteiger partial charge in [0.1, 0.15) is 17.3 Å². The number of carbonyl (C=O) groups is 1. The van der Waals surface area contributed by atoms with Crippen LogP contribution in [0.1, 0.15) is 15.9 Å². The normalized spacial score (nSPS) is 11.5. The molecule has 0 radical (unpaired) electrons. The zero-order valence-corrected chi connectivity index (χ0v) is 23.8. The number of nitrogens with zero attached hydrogens (tertiary/aromatic N) is 4. The molecular formula is C31H23F2N7O3S. The van der Waals surface area contributed by atoms with E-state index in [2.05, 4.69) is 20.6 Å². The molecule has 6 aromatic rings. The summed E-state index contributed by atoms with van der Waals surface area (Å²) in [6, 6.07) is 21.5. The van der Waals surface area contributed by atoms with E-state index in [0.29, 0.717) is 39.5 Å². The molecular weight excluding hydrogens is 588 g/mol. The number of hydrogen-bond acceptors (Lipinski definition) is 7. The number of aryl methyl sites for hydroxylation is 1. The van der Waals surface area contributed by atoms with Gasteiger partial charge < -0.3 is 10.6 Å². The molecule has 0 saturated carbocycles. The molecule has 0 aliphatic rings. The van der Waals surface area contributed by atoms with Crippen molar-refractivity contribution in [3.63, 3.8) is 0 Å². The Morgan fingerprint density at radius 2 is 1.77 bits per heavy atom. The summed E-state index contributed by atoms with van der Waals surface area (Å²) >= 11 is 0. The average Bonchev–Trinajstić information content (AvgIpc) is 3.39. The summed E-state index contributed by atoms with van der Waals surface area (Å²) in [5, 5.41) is 15.8. The number of nitrogens with two attached hydrogens (primary N) is 1. The largest absolute Gasteiger partial charge is 0.324 e. The summed E-state index contributed by atoms with van der Waals surface area (Å²) in [7, 11) is -3.94. The topological polar surface area (TPSA) is 144 Å². The average molecular weight is 612 g/mol. The zero-order valence-electron chi connectivity index (χ0n) is 23.0. The number of halogens is 2. The lowest BCUT2D eigenvalue weighted by Crippen LogP contribution is -2.14. The lowest BCUT2D eigenvalue weighted by atomic mass is 10.0. The fourth-order valence-corrected chi connectivity index (χ4v) is 5.55.